The van der Waals surface area contributed by atoms with Gasteiger partial charge in [0.05, 0.1) is 6.54 Å². The Hall–Kier alpha value is -2.36. The first-order valence-electron chi connectivity index (χ1n) is 7.76. The minimum Gasteiger partial charge on any atom is -0.357 e. The lowest BCUT2D eigenvalue weighted by molar-refractivity contribution is 0.788. The van der Waals surface area contributed by atoms with Gasteiger partial charge >= 0.3 is 0 Å². The summed E-state index contributed by atoms with van der Waals surface area (Å²) < 4.78 is 0. The summed E-state index contributed by atoms with van der Waals surface area (Å²) in [4.78, 5) is 8.98. The molecule has 4 nitrogen and oxygen atoms in total. The first-order valence-corrected chi connectivity index (χ1v) is 7.76. The van der Waals surface area contributed by atoms with Crippen LogP contribution in [0.4, 0.5) is 0 Å². The van der Waals surface area contributed by atoms with Gasteiger partial charge in [0, 0.05) is 31.4 Å². The second kappa shape index (κ2) is 8.82. The smallest absolute Gasteiger partial charge is 0.191 e. The van der Waals surface area contributed by atoms with Crippen molar-refractivity contribution in [1.82, 2.24) is 15.6 Å². The fraction of sp³-hybridized carbons (Fsp3) is 0.333. The highest BCUT2D eigenvalue weighted by Crippen LogP contribution is 2.07. The van der Waals surface area contributed by atoms with Crippen molar-refractivity contribution in [3.05, 3.63) is 65.5 Å². The van der Waals surface area contributed by atoms with Crippen LogP contribution in [0, 0.1) is 6.92 Å². The summed E-state index contributed by atoms with van der Waals surface area (Å²) in [6.07, 6.45) is 2.71. The highest BCUT2D eigenvalue weighted by atomic mass is 15.2. The molecule has 0 radical (unpaired) electrons. The third kappa shape index (κ3) is 5.20. The third-order valence-corrected chi connectivity index (χ3v) is 3.41. The Labute approximate surface area is 132 Å². The zero-order valence-electron chi connectivity index (χ0n) is 13.3. The van der Waals surface area contributed by atoms with Crippen LogP contribution in [0.25, 0.3) is 0 Å². The number of aliphatic imine (C=N–C) groups is 1. The van der Waals surface area contributed by atoms with E-state index >= 15 is 0 Å². The molecule has 0 aliphatic carbocycles. The van der Waals surface area contributed by atoms with Gasteiger partial charge in [-0.2, -0.15) is 0 Å². The molecule has 116 valence electrons. The first kappa shape index (κ1) is 16.0. The van der Waals surface area contributed by atoms with E-state index in [0.717, 1.165) is 31.2 Å². The van der Waals surface area contributed by atoms with E-state index in [1.165, 1.54) is 11.1 Å². The monoisotopic (exact) mass is 296 g/mol. The van der Waals surface area contributed by atoms with Crippen LogP contribution in [0.15, 0.2) is 53.7 Å². The van der Waals surface area contributed by atoms with Crippen molar-refractivity contribution in [3.8, 4) is 0 Å². The maximum atomic E-state index is 4.65. The van der Waals surface area contributed by atoms with Gasteiger partial charge in [-0.25, -0.2) is 4.99 Å². The fourth-order valence-corrected chi connectivity index (χ4v) is 2.15. The number of aryl methyl sites for hydroxylation is 1. The van der Waals surface area contributed by atoms with Gasteiger partial charge in [0.15, 0.2) is 5.96 Å². The summed E-state index contributed by atoms with van der Waals surface area (Å²) in [5, 5.41) is 6.63. The zero-order valence-corrected chi connectivity index (χ0v) is 13.3. The molecule has 2 rings (SSSR count). The van der Waals surface area contributed by atoms with E-state index in [2.05, 4.69) is 58.7 Å². The molecule has 0 amide bonds. The zero-order chi connectivity index (χ0) is 15.6. The predicted molar refractivity (Wildman–Crippen MR) is 91.9 cm³/mol. The van der Waals surface area contributed by atoms with Crippen LogP contribution in [0.2, 0.25) is 0 Å². The second-order valence-corrected chi connectivity index (χ2v) is 5.12. The van der Waals surface area contributed by atoms with Crippen LogP contribution in [0.1, 0.15) is 23.7 Å². The quantitative estimate of drug-likeness (QED) is 0.636. The Morgan fingerprint density at radius 3 is 2.64 bits per heavy atom. The maximum Gasteiger partial charge on any atom is 0.191 e. The van der Waals surface area contributed by atoms with Crippen LogP contribution in [-0.2, 0) is 13.0 Å². The van der Waals surface area contributed by atoms with E-state index in [-0.39, 0.29) is 0 Å². The lowest BCUT2D eigenvalue weighted by Crippen LogP contribution is -2.38. The Morgan fingerprint density at radius 2 is 1.91 bits per heavy atom. The average molecular weight is 296 g/mol. The maximum absolute atomic E-state index is 4.65. The van der Waals surface area contributed by atoms with Crippen molar-refractivity contribution in [2.45, 2.75) is 26.8 Å². The van der Waals surface area contributed by atoms with Crippen LogP contribution in [-0.4, -0.2) is 24.0 Å². The van der Waals surface area contributed by atoms with Crippen molar-refractivity contribution >= 4 is 5.96 Å². The molecule has 2 N–H and O–H groups in total. The minimum absolute atomic E-state index is 0.686. The summed E-state index contributed by atoms with van der Waals surface area (Å²) in [6, 6.07) is 14.3. The average Bonchev–Trinajstić information content (AvgIpc) is 2.55. The Kier molecular flexibility index (Phi) is 6.42. The van der Waals surface area contributed by atoms with Gasteiger partial charge in [0.2, 0.25) is 0 Å². The van der Waals surface area contributed by atoms with Gasteiger partial charge in [0.25, 0.3) is 0 Å². The molecule has 0 spiro atoms. The summed E-state index contributed by atoms with van der Waals surface area (Å²) in [7, 11) is 0. The molecule has 0 unspecified atom stereocenters. The van der Waals surface area contributed by atoms with Gasteiger partial charge < -0.3 is 10.6 Å². The normalized spacial score (nSPS) is 11.3. The predicted octanol–water partition coefficient (Wildman–Crippen LogP) is 2.69. The standard InChI is InChI=1S/C18H24N4/c1-3-19-18(21-13-11-17-10-6-7-12-20-17)22-14-16-9-5-4-8-15(16)2/h4-10,12H,3,11,13-14H2,1-2H3,(H2,19,21,22). The molecule has 0 fully saturated rings. The summed E-state index contributed by atoms with van der Waals surface area (Å²) in [5.74, 6) is 0.849. The lowest BCUT2D eigenvalue weighted by atomic mass is 10.1. The molecule has 2 aromatic rings. The number of pyridine rings is 1. The van der Waals surface area contributed by atoms with Gasteiger partial charge in [0.1, 0.15) is 0 Å². The first-order chi connectivity index (χ1) is 10.8. The molecular formula is C18H24N4. The number of guanidine groups is 1. The molecule has 1 heterocycles. The summed E-state index contributed by atoms with van der Waals surface area (Å²) in [6.45, 7) is 6.54. The summed E-state index contributed by atoms with van der Waals surface area (Å²) >= 11 is 0. The van der Waals surface area contributed by atoms with Gasteiger partial charge in [-0.15, -0.1) is 0 Å². The van der Waals surface area contributed by atoms with E-state index in [4.69, 9.17) is 0 Å². The van der Waals surface area contributed by atoms with Crippen molar-refractivity contribution in [3.63, 3.8) is 0 Å². The number of nitrogens with one attached hydrogen (secondary N) is 2. The van der Waals surface area contributed by atoms with E-state index in [9.17, 15) is 0 Å². The fourth-order valence-electron chi connectivity index (χ4n) is 2.15. The molecule has 22 heavy (non-hydrogen) atoms. The Balaban J connectivity index is 1.89. The number of nitrogens with zero attached hydrogens (tertiary/aromatic N) is 2. The van der Waals surface area contributed by atoms with E-state index < -0.39 is 0 Å². The highest BCUT2D eigenvalue weighted by molar-refractivity contribution is 5.79. The van der Waals surface area contributed by atoms with Crippen LogP contribution in [0.3, 0.4) is 0 Å². The minimum atomic E-state index is 0.686. The SMILES string of the molecule is CCNC(=NCc1ccccc1C)NCCc1ccccn1. The van der Waals surface area contributed by atoms with Crippen LogP contribution in [0.5, 0.6) is 0 Å². The van der Waals surface area contributed by atoms with Gasteiger partial charge in [-0.1, -0.05) is 30.3 Å². The molecular weight excluding hydrogens is 272 g/mol. The largest absolute Gasteiger partial charge is 0.357 e. The molecule has 0 atom stereocenters. The molecule has 1 aromatic carbocycles. The van der Waals surface area contributed by atoms with E-state index in [1.54, 1.807) is 0 Å². The third-order valence-electron chi connectivity index (χ3n) is 3.41. The van der Waals surface area contributed by atoms with Crippen molar-refractivity contribution < 1.29 is 0 Å². The van der Waals surface area contributed by atoms with Crippen molar-refractivity contribution in [1.29, 1.82) is 0 Å². The Bertz CT molecular complexity index is 593. The van der Waals surface area contributed by atoms with E-state index in [1.807, 2.05) is 24.4 Å². The van der Waals surface area contributed by atoms with Crippen molar-refractivity contribution in [2.24, 2.45) is 4.99 Å². The second-order valence-electron chi connectivity index (χ2n) is 5.12. The van der Waals surface area contributed by atoms with E-state index in [0.29, 0.717) is 6.54 Å². The molecule has 4 heteroatoms. The lowest BCUT2D eigenvalue weighted by Gasteiger charge is -2.11. The number of benzene rings is 1. The van der Waals surface area contributed by atoms with Crippen LogP contribution >= 0.6 is 0 Å². The molecule has 1 aromatic heterocycles. The number of aromatic nitrogens is 1. The van der Waals surface area contributed by atoms with Gasteiger partial charge in [-0.05, 0) is 37.1 Å². The molecule has 0 saturated carbocycles. The number of hydrogen-bond acceptors (Lipinski definition) is 2. The van der Waals surface area contributed by atoms with Crippen molar-refractivity contribution in [2.75, 3.05) is 13.1 Å². The highest BCUT2D eigenvalue weighted by Gasteiger charge is 2.00. The topological polar surface area (TPSA) is 49.3 Å². The number of hydrogen-bond donors (Lipinski definition) is 2. The molecule has 0 bridgehead atoms. The summed E-state index contributed by atoms with van der Waals surface area (Å²) in [5.41, 5.74) is 3.62. The molecule has 0 saturated heterocycles. The number of rotatable bonds is 6. The molecule has 0 aliphatic heterocycles. The van der Waals surface area contributed by atoms with Gasteiger partial charge in [-0.3, -0.25) is 4.98 Å². The Morgan fingerprint density at radius 1 is 1.09 bits per heavy atom. The molecule has 0 aliphatic rings. The van der Waals surface area contributed by atoms with Crippen LogP contribution < -0.4 is 10.6 Å².